The van der Waals surface area contributed by atoms with Crippen molar-refractivity contribution in [1.82, 2.24) is 15.0 Å². The molecule has 1 aromatic carbocycles. The maximum absolute atomic E-state index is 13.1. The molecule has 1 aromatic heterocycles. The van der Waals surface area contributed by atoms with E-state index in [1.54, 1.807) is 0 Å². The zero-order valence-electron chi connectivity index (χ0n) is 16.7. The zero-order chi connectivity index (χ0) is 24.4. The van der Waals surface area contributed by atoms with Crippen molar-refractivity contribution in [2.24, 2.45) is 5.92 Å². The summed E-state index contributed by atoms with van der Waals surface area (Å²) in [6, 6.07) is 2.88. The van der Waals surface area contributed by atoms with E-state index in [0.717, 1.165) is 24.5 Å². The van der Waals surface area contributed by atoms with Crippen molar-refractivity contribution in [3.63, 3.8) is 0 Å². The minimum absolute atomic E-state index is 0.0660. The van der Waals surface area contributed by atoms with Crippen molar-refractivity contribution in [2.45, 2.75) is 29.1 Å². The van der Waals surface area contributed by atoms with Crippen LogP contribution in [0.15, 0.2) is 27.6 Å². The molecular weight excluding hydrogens is 484 g/mol. The largest absolute Gasteiger partial charge is 0.483 e. The van der Waals surface area contributed by atoms with Gasteiger partial charge in [-0.15, -0.1) is 0 Å². The van der Waals surface area contributed by atoms with Crippen LogP contribution in [-0.2, 0) is 21.4 Å². The molecule has 180 valence electrons. The lowest BCUT2D eigenvalue weighted by atomic mass is 10.1. The van der Waals surface area contributed by atoms with Gasteiger partial charge >= 0.3 is 18.2 Å². The summed E-state index contributed by atoms with van der Waals surface area (Å²) >= 11 is 0. The van der Waals surface area contributed by atoms with E-state index in [1.807, 2.05) is 0 Å². The molecule has 2 unspecified atom stereocenters. The molecule has 0 radical (unpaired) electrons. The molecule has 33 heavy (non-hydrogen) atoms. The van der Waals surface area contributed by atoms with E-state index < -0.39 is 57.3 Å². The Morgan fingerprint density at radius 3 is 2.55 bits per heavy atom. The zero-order valence-corrected chi connectivity index (χ0v) is 17.5. The van der Waals surface area contributed by atoms with Crippen LogP contribution in [-0.4, -0.2) is 61.5 Å². The Morgan fingerprint density at radius 1 is 1.27 bits per heavy atom. The second kappa shape index (κ2) is 7.33. The van der Waals surface area contributed by atoms with Crippen molar-refractivity contribution in [3.05, 3.63) is 35.5 Å². The predicted octanol–water partition coefficient (Wildman–Crippen LogP) is 2.85. The van der Waals surface area contributed by atoms with E-state index in [0.29, 0.717) is 6.42 Å². The fourth-order valence-electron chi connectivity index (χ4n) is 3.89. The van der Waals surface area contributed by atoms with Crippen molar-refractivity contribution in [2.75, 3.05) is 26.0 Å². The first-order valence-electron chi connectivity index (χ1n) is 9.34. The molecule has 1 aliphatic heterocycles. The number of carbonyl (C=O) groups excluding carboxylic acids is 1. The fraction of sp³-hybridized carbons (Fsp3) is 0.500. The molecule has 1 amide bonds. The predicted molar refractivity (Wildman–Crippen MR) is 96.1 cm³/mol. The molecule has 2 aromatic rings. The minimum atomic E-state index is -4.84. The number of hydrogen-bond donors (Lipinski definition) is 0. The molecule has 2 atom stereocenters. The Balaban J connectivity index is 1.61. The number of piperidine rings is 1. The number of rotatable bonds is 5. The van der Waals surface area contributed by atoms with Crippen LogP contribution in [0.4, 0.5) is 26.3 Å². The third-order valence-electron chi connectivity index (χ3n) is 5.55. The highest BCUT2D eigenvalue weighted by molar-refractivity contribution is 7.90. The number of hydrogen-bond acceptors (Lipinski definition) is 7. The molecule has 2 heterocycles. The van der Waals surface area contributed by atoms with Crippen LogP contribution in [0.5, 0.6) is 5.75 Å². The van der Waals surface area contributed by atoms with Crippen molar-refractivity contribution >= 4 is 15.7 Å². The Kier molecular flexibility index (Phi) is 5.18. The molecule has 0 N–H and O–H groups in total. The van der Waals surface area contributed by atoms with Gasteiger partial charge in [-0.25, -0.2) is 8.42 Å². The van der Waals surface area contributed by atoms with Crippen molar-refractivity contribution in [3.8, 4) is 5.75 Å². The minimum Gasteiger partial charge on any atom is -0.483 e. The molecule has 0 bridgehead atoms. The maximum Gasteiger partial charge on any atom is 0.471 e. The molecule has 15 heteroatoms. The second-order valence-electron chi connectivity index (χ2n) is 8.00. The number of ether oxygens (including phenoxy) is 1. The molecule has 2 aliphatic rings. The van der Waals surface area contributed by atoms with Gasteiger partial charge in [0.15, 0.2) is 22.3 Å². The molecule has 1 saturated carbocycles. The summed E-state index contributed by atoms with van der Waals surface area (Å²) in [7, 11) is -3.80. The second-order valence-corrected chi connectivity index (χ2v) is 10.0. The first-order valence-corrected chi connectivity index (χ1v) is 11.2. The van der Waals surface area contributed by atoms with Crippen LogP contribution in [0.25, 0.3) is 0 Å². The van der Waals surface area contributed by atoms with Crippen molar-refractivity contribution in [1.29, 1.82) is 0 Å². The summed E-state index contributed by atoms with van der Waals surface area (Å²) in [6.45, 7) is -1.76. The first-order chi connectivity index (χ1) is 15.1. The summed E-state index contributed by atoms with van der Waals surface area (Å²) in [5.41, 5.74) is -1.38. The average molecular weight is 499 g/mol. The molecule has 2 fully saturated rings. The summed E-state index contributed by atoms with van der Waals surface area (Å²) in [6.07, 6.45) is -8.28. The van der Waals surface area contributed by atoms with E-state index in [2.05, 4.69) is 14.7 Å². The van der Waals surface area contributed by atoms with E-state index in [1.165, 1.54) is 4.90 Å². The third-order valence-corrected chi connectivity index (χ3v) is 6.66. The van der Waals surface area contributed by atoms with Crippen LogP contribution < -0.4 is 4.74 Å². The summed E-state index contributed by atoms with van der Waals surface area (Å²) < 4.78 is 109. The van der Waals surface area contributed by atoms with Crippen LogP contribution in [0, 0.1) is 5.92 Å². The Bertz CT molecular complexity index is 1210. The van der Waals surface area contributed by atoms with Gasteiger partial charge in [-0.3, -0.25) is 4.79 Å². The topological polar surface area (TPSA) is 103 Å². The molecular formula is C18H15F6N3O5S. The third kappa shape index (κ3) is 4.50. The van der Waals surface area contributed by atoms with Crippen LogP contribution in [0.2, 0.25) is 0 Å². The highest BCUT2D eigenvalue weighted by Crippen LogP contribution is 2.58. The SMILES string of the molecule is CS(=O)(=O)c1ccc(OCC(F)(F)F)c(C(=O)N2CC3CC3(c3noc(C(F)(F)F)n3)C2)c1. The van der Waals surface area contributed by atoms with Gasteiger partial charge in [0.25, 0.3) is 5.91 Å². The number of benzene rings is 1. The number of carbonyl (C=O) groups is 1. The number of amides is 1. The van der Waals surface area contributed by atoms with E-state index in [-0.39, 0.29) is 29.7 Å². The Morgan fingerprint density at radius 2 is 1.97 bits per heavy atom. The summed E-state index contributed by atoms with van der Waals surface area (Å²) in [4.78, 5) is 17.4. The van der Waals surface area contributed by atoms with Gasteiger partial charge in [0.1, 0.15) is 5.75 Å². The molecule has 1 aliphatic carbocycles. The van der Waals surface area contributed by atoms with Gasteiger partial charge in [0, 0.05) is 19.3 Å². The number of sulfone groups is 1. The quantitative estimate of drug-likeness (QED) is 0.583. The highest BCUT2D eigenvalue weighted by Gasteiger charge is 2.65. The number of likely N-dealkylation sites (tertiary alicyclic amines) is 1. The number of aromatic nitrogens is 2. The first kappa shape index (κ1) is 23.3. The van der Waals surface area contributed by atoms with Crippen LogP contribution in [0.3, 0.4) is 0 Å². The van der Waals surface area contributed by atoms with Crippen molar-refractivity contribution < 1.29 is 48.8 Å². The Hall–Kier alpha value is -2.84. The van der Waals surface area contributed by atoms with E-state index >= 15 is 0 Å². The number of alkyl halides is 6. The molecule has 8 nitrogen and oxygen atoms in total. The fourth-order valence-corrected chi connectivity index (χ4v) is 4.53. The summed E-state index contributed by atoms with van der Waals surface area (Å²) in [5.74, 6) is -3.32. The van der Waals surface area contributed by atoms with Gasteiger partial charge in [-0.1, -0.05) is 5.16 Å². The standard InChI is InChI=1S/C18H15F6N3O5S/c1-33(29,30)10-2-3-12(31-8-17(19,20)21)11(4-10)13(28)27-6-9-5-16(9,7-27)14-25-15(32-26-14)18(22,23)24/h2-4,9H,5-8H2,1H3. The number of fused-ring (bicyclic) bond motifs is 1. The monoisotopic (exact) mass is 499 g/mol. The highest BCUT2D eigenvalue weighted by atomic mass is 32.2. The van der Waals surface area contributed by atoms with Gasteiger partial charge in [-0.2, -0.15) is 31.3 Å². The Labute approximate surface area is 182 Å². The van der Waals surface area contributed by atoms with Crippen LogP contribution >= 0.6 is 0 Å². The van der Waals surface area contributed by atoms with Gasteiger partial charge < -0.3 is 14.2 Å². The van der Waals surface area contributed by atoms with Gasteiger partial charge in [0.2, 0.25) is 0 Å². The molecule has 0 spiro atoms. The lowest BCUT2D eigenvalue weighted by Gasteiger charge is -2.22. The lowest BCUT2D eigenvalue weighted by molar-refractivity contribution is -0.159. The van der Waals surface area contributed by atoms with Gasteiger partial charge in [0.05, 0.1) is 15.9 Å². The average Bonchev–Trinajstić information content (AvgIpc) is 3.07. The number of nitrogens with zero attached hydrogens (tertiary/aromatic N) is 3. The lowest BCUT2D eigenvalue weighted by Crippen LogP contribution is -2.33. The summed E-state index contributed by atoms with van der Waals surface area (Å²) in [5, 5.41) is 3.39. The molecule has 1 saturated heterocycles. The maximum atomic E-state index is 13.1. The molecule has 4 rings (SSSR count). The van der Waals surface area contributed by atoms with Gasteiger partial charge in [-0.05, 0) is 30.5 Å². The normalized spacial score (nSPS) is 22.9. The number of halogens is 6. The van der Waals surface area contributed by atoms with Crippen LogP contribution in [0.1, 0.15) is 28.5 Å². The van der Waals surface area contributed by atoms with E-state index in [4.69, 9.17) is 4.74 Å². The van der Waals surface area contributed by atoms with E-state index in [9.17, 15) is 39.6 Å². The smallest absolute Gasteiger partial charge is 0.471 e.